The van der Waals surface area contributed by atoms with Crippen molar-refractivity contribution in [2.24, 2.45) is 5.73 Å². The van der Waals surface area contributed by atoms with E-state index in [0.717, 1.165) is 40.3 Å². The van der Waals surface area contributed by atoms with Crippen LogP contribution in [0.4, 0.5) is 0 Å². The zero-order chi connectivity index (χ0) is 14.1. The smallest absolute Gasteiger partial charge is 0.234 e. The minimum absolute atomic E-state index is 0.141. The molecule has 2 heterocycles. The number of amides is 1. The highest BCUT2D eigenvalue weighted by Crippen LogP contribution is 2.28. The number of likely N-dealkylation sites (tertiary alicyclic amines) is 1. The molecule has 1 saturated heterocycles. The second kappa shape index (κ2) is 5.50. The van der Waals surface area contributed by atoms with Crippen molar-refractivity contribution < 1.29 is 4.79 Å². The number of aromatic nitrogens is 1. The van der Waals surface area contributed by atoms with Crippen molar-refractivity contribution in [3.05, 3.63) is 40.5 Å². The Morgan fingerprint density at radius 3 is 3.10 bits per heavy atom. The third kappa shape index (κ3) is 2.43. The summed E-state index contributed by atoms with van der Waals surface area (Å²) in [6.45, 7) is 1.63. The van der Waals surface area contributed by atoms with Crippen LogP contribution >= 0.6 is 15.9 Å². The first-order valence-corrected chi connectivity index (χ1v) is 7.51. The average Bonchev–Trinajstić information content (AvgIpc) is 2.91. The highest BCUT2D eigenvalue weighted by atomic mass is 79.9. The van der Waals surface area contributed by atoms with Gasteiger partial charge in [0, 0.05) is 22.6 Å². The maximum atomic E-state index is 11.5. The van der Waals surface area contributed by atoms with Crippen molar-refractivity contribution in [3.8, 4) is 0 Å². The van der Waals surface area contributed by atoms with Crippen LogP contribution in [0, 0.1) is 0 Å². The van der Waals surface area contributed by atoms with Gasteiger partial charge in [-0.15, -0.1) is 0 Å². The lowest BCUT2D eigenvalue weighted by Crippen LogP contribution is -2.39. The van der Waals surface area contributed by atoms with E-state index in [1.165, 1.54) is 0 Å². The van der Waals surface area contributed by atoms with Gasteiger partial charge in [-0.3, -0.25) is 14.7 Å². The summed E-state index contributed by atoms with van der Waals surface area (Å²) in [6.07, 6.45) is 3.68. The summed E-state index contributed by atoms with van der Waals surface area (Å²) in [5.74, 6) is -0.225. The van der Waals surface area contributed by atoms with E-state index in [1.807, 2.05) is 18.2 Å². The van der Waals surface area contributed by atoms with E-state index in [9.17, 15) is 4.79 Å². The fourth-order valence-electron chi connectivity index (χ4n) is 2.88. The number of fused-ring (bicyclic) bond motifs is 1. The van der Waals surface area contributed by atoms with Gasteiger partial charge in [-0.25, -0.2) is 0 Å². The Labute approximate surface area is 126 Å². The first kappa shape index (κ1) is 13.5. The molecule has 5 heteroatoms. The molecule has 0 saturated carbocycles. The molecule has 0 bridgehead atoms. The lowest BCUT2D eigenvalue weighted by Gasteiger charge is -2.22. The summed E-state index contributed by atoms with van der Waals surface area (Å²) < 4.78 is 1.04. The number of hydrogen-bond donors (Lipinski definition) is 1. The van der Waals surface area contributed by atoms with Crippen molar-refractivity contribution in [2.75, 3.05) is 6.54 Å². The van der Waals surface area contributed by atoms with Crippen LogP contribution < -0.4 is 5.73 Å². The molecule has 0 unspecified atom stereocenters. The van der Waals surface area contributed by atoms with Crippen LogP contribution in [0.1, 0.15) is 18.4 Å². The molecule has 1 atom stereocenters. The largest absolute Gasteiger partial charge is 0.368 e. The fourth-order valence-corrected chi connectivity index (χ4v) is 3.33. The standard InChI is InChI=1S/C15H16BrN3O/c16-12-6-5-10(14-11(12)3-1-7-18-14)9-19-8-2-4-13(19)15(17)20/h1,3,5-7,13H,2,4,8-9H2,(H2,17,20)/t13-/m1/s1. The first-order valence-electron chi connectivity index (χ1n) is 6.72. The van der Waals surface area contributed by atoms with Crippen molar-refractivity contribution in [1.29, 1.82) is 0 Å². The Morgan fingerprint density at radius 1 is 1.45 bits per heavy atom. The van der Waals surface area contributed by atoms with Crippen molar-refractivity contribution >= 4 is 32.7 Å². The molecule has 1 aromatic carbocycles. The van der Waals surface area contributed by atoms with Crippen molar-refractivity contribution in [3.63, 3.8) is 0 Å². The number of nitrogens with zero attached hydrogens (tertiary/aromatic N) is 2. The number of benzene rings is 1. The molecule has 1 aromatic heterocycles. The van der Waals surface area contributed by atoms with Crippen LogP contribution in [0.5, 0.6) is 0 Å². The van der Waals surface area contributed by atoms with E-state index in [2.05, 4.69) is 31.9 Å². The molecule has 0 aliphatic carbocycles. The minimum atomic E-state index is -0.225. The lowest BCUT2D eigenvalue weighted by atomic mass is 10.1. The van der Waals surface area contributed by atoms with Crippen LogP contribution in [0.15, 0.2) is 34.9 Å². The molecule has 104 valence electrons. The quantitative estimate of drug-likeness (QED) is 0.938. The van der Waals surface area contributed by atoms with E-state index in [1.54, 1.807) is 6.20 Å². The molecule has 1 amide bonds. The first-order chi connectivity index (χ1) is 9.66. The topological polar surface area (TPSA) is 59.2 Å². The monoisotopic (exact) mass is 333 g/mol. The van der Waals surface area contributed by atoms with Crippen LogP contribution in [0.25, 0.3) is 10.9 Å². The molecule has 2 aromatic rings. The summed E-state index contributed by atoms with van der Waals surface area (Å²) in [6, 6.07) is 7.94. The molecule has 0 radical (unpaired) electrons. The summed E-state index contributed by atoms with van der Waals surface area (Å²) in [5, 5.41) is 1.10. The molecular formula is C15H16BrN3O. The number of carbonyl (C=O) groups excluding carboxylic acids is 1. The molecule has 2 N–H and O–H groups in total. The lowest BCUT2D eigenvalue weighted by molar-refractivity contribution is -0.122. The Kier molecular flexibility index (Phi) is 3.72. The zero-order valence-electron chi connectivity index (χ0n) is 11.1. The molecule has 4 nitrogen and oxygen atoms in total. The van der Waals surface area contributed by atoms with Gasteiger partial charge in [-0.05, 0) is 37.1 Å². The Morgan fingerprint density at radius 2 is 2.30 bits per heavy atom. The van der Waals surface area contributed by atoms with Gasteiger partial charge in [0.15, 0.2) is 0 Å². The maximum Gasteiger partial charge on any atom is 0.234 e. The summed E-state index contributed by atoms with van der Waals surface area (Å²) in [4.78, 5) is 18.1. The maximum absolute atomic E-state index is 11.5. The van der Waals surface area contributed by atoms with Crippen LogP contribution in [-0.4, -0.2) is 28.4 Å². The second-order valence-electron chi connectivity index (χ2n) is 5.14. The van der Waals surface area contributed by atoms with Gasteiger partial charge in [0.2, 0.25) is 5.91 Å². The van der Waals surface area contributed by atoms with Gasteiger partial charge in [0.25, 0.3) is 0 Å². The Balaban J connectivity index is 1.95. The van der Waals surface area contributed by atoms with E-state index in [4.69, 9.17) is 5.73 Å². The molecule has 1 aliphatic rings. The number of rotatable bonds is 3. The third-order valence-electron chi connectivity index (χ3n) is 3.87. The normalized spacial score (nSPS) is 19.6. The summed E-state index contributed by atoms with van der Waals surface area (Å²) >= 11 is 3.55. The van der Waals surface area contributed by atoms with Crippen LogP contribution in [0.3, 0.4) is 0 Å². The van der Waals surface area contributed by atoms with Gasteiger partial charge in [-0.1, -0.05) is 28.1 Å². The van der Waals surface area contributed by atoms with Gasteiger partial charge < -0.3 is 5.73 Å². The highest BCUT2D eigenvalue weighted by Gasteiger charge is 2.29. The predicted octanol–water partition coefficient (Wildman–Crippen LogP) is 2.45. The van der Waals surface area contributed by atoms with Gasteiger partial charge in [0.1, 0.15) is 0 Å². The van der Waals surface area contributed by atoms with Crippen molar-refractivity contribution in [2.45, 2.75) is 25.4 Å². The molecule has 0 spiro atoms. The Bertz CT molecular complexity index is 659. The zero-order valence-corrected chi connectivity index (χ0v) is 12.6. The van der Waals surface area contributed by atoms with Crippen LogP contribution in [0.2, 0.25) is 0 Å². The molecular weight excluding hydrogens is 318 g/mol. The number of nitrogens with two attached hydrogens (primary N) is 1. The number of hydrogen-bond acceptors (Lipinski definition) is 3. The Hall–Kier alpha value is -1.46. The number of primary amides is 1. The number of halogens is 1. The number of carbonyl (C=O) groups is 1. The summed E-state index contributed by atoms with van der Waals surface area (Å²) in [7, 11) is 0. The van der Waals surface area contributed by atoms with E-state index >= 15 is 0 Å². The molecule has 3 rings (SSSR count). The van der Waals surface area contributed by atoms with Gasteiger partial charge in [0.05, 0.1) is 11.6 Å². The molecule has 20 heavy (non-hydrogen) atoms. The van der Waals surface area contributed by atoms with Crippen molar-refractivity contribution in [1.82, 2.24) is 9.88 Å². The van der Waals surface area contributed by atoms with E-state index in [-0.39, 0.29) is 11.9 Å². The minimum Gasteiger partial charge on any atom is -0.368 e. The second-order valence-corrected chi connectivity index (χ2v) is 5.99. The van der Waals surface area contributed by atoms with Gasteiger partial charge in [-0.2, -0.15) is 0 Å². The van der Waals surface area contributed by atoms with E-state index in [0.29, 0.717) is 6.54 Å². The molecule has 1 aliphatic heterocycles. The fraction of sp³-hybridized carbons (Fsp3) is 0.333. The SMILES string of the molecule is NC(=O)[C@H]1CCCN1Cc1ccc(Br)c2cccnc12. The summed E-state index contributed by atoms with van der Waals surface area (Å²) in [5.41, 5.74) is 7.59. The average molecular weight is 334 g/mol. The molecule has 1 fully saturated rings. The van der Waals surface area contributed by atoms with Crippen LogP contribution in [-0.2, 0) is 11.3 Å². The predicted molar refractivity (Wildman–Crippen MR) is 82.1 cm³/mol. The third-order valence-corrected chi connectivity index (χ3v) is 4.56. The highest BCUT2D eigenvalue weighted by molar-refractivity contribution is 9.10. The van der Waals surface area contributed by atoms with E-state index < -0.39 is 0 Å². The van der Waals surface area contributed by atoms with Gasteiger partial charge >= 0.3 is 0 Å². The number of pyridine rings is 1.